The van der Waals surface area contributed by atoms with E-state index in [-0.39, 0.29) is 0 Å². The van der Waals surface area contributed by atoms with Gasteiger partial charge in [0.1, 0.15) is 11.8 Å². The molecule has 2 aromatic rings. The standard InChI is InChI=1S/C10H9IN2O2S/c1-15-10-8(12-2-3-13-10)9(14)6-4-7(11)16-5-6/h2-5,9,14H,1H3. The molecule has 0 fully saturated rings. The smallest absolute Gasteiger partial charge is 0.238 e. The van der Waals surface area contributed by atoms with Gasteiger partial charge in [0, 0.05) is 12.4 Å². The third-order valence-corrected chi connectivity index (χ3v) is 3.85. The summed E-state index contributed by atoms with van der Waals surface area (Å²) < 4.78 is 6.18. The second-order valence-electron chi connectivity index (χ2n) is 3.04. The van der Waals surface area contributed by atoms with E-state index in [1.807, 2.05) is 11.4 Å². The van der Waals surface area contributed by atoms with Crippen LogP contribution in [0.1, 0.15) is 17.4 Å². The van der Waals surface area contributed by atoms with Crippen molar-refractivity contribution < 1.29 is 9.84 Å². The fourth-order valence-corrected chi connectivity index (χ4v) is 2.70. The largest absolute Gasteiger partial charge is 0.480 e. The van der Waals surface area contributed by atoms with Crippen LogP contribution in [0.15, 0.2) is 23.8 Å². The minimum Gasteiger partial charge on any atom is -0.480 e. The van der Waals surface area contributed by atoms with Crippen molar-refractivity contribution in [1.29, 1.82) is 0 Å². The quantitative estimate of drug-likeness (QED) is 0.865. The average Bonchev–Trinajstić information content (AvgIpc) is 2.75. The van der Waals surface area contributed by atoms with Gasteiger partial charge in [-0.15, -0.1) is 11.3 Å². The molecule has 0 aliphatic carbocycles. The van der Waals surface area contributed by atoms with Gasteiger partial charge in [0.15, 0.2) is 0 Å². The van der Waals surface area contributed by atoms with Gasteiger partial charge in [0.05, 0.1) is 9.99 Å². The summed E-state index contributed by atoms with van der Waals surface area (Å²) in [6.07, 6.45) is 2.29. The van der Waals surface area contributed by atoms with E-state index in [2.05, 4.69) is 32.6 Å². The van der Waals surface area contributed by atoms with Gasteiger partial charge in [-0.2, -0.15) is 0 Å². The molecule has 84 valence electrons. The number of aromatic nitrogens is 2. The molecular formula is C10H9IN2O2S. The molecular weight excluding hydrogens is 339 g/mol. The second kappa shape index (κ2) is 5.07. The lowest BCUT2D eigenvalue weighted by molar-refractivity contribution is 0.208. The molecule has 2 aromatic heterocycles. The van der Waals surface area contributed by atoms with Crippen molar-refractivity contribution in [3.63, 3.8) is 0 Å². The van der Waals surface area contributed by atoms with Crippen molar-refractivity contribution in [3.05, 3.63) is 38.0 Å². The Labute approximate surface area is 110 Å². The summed E-state index contributed by atoms with van der Waals surface area (Å²) in [6.45, 7) is 0. The Balaban J connectivity index is 2.36. The molecule has 0 amide bonds. The zero-order chi connectivity index (χ0) is 11.5. The van der Waals surface area contributed by atoms with Gasteiger partial charge in [-0.3, -0.25) is 4.98 Å². The van der Waals surface area contributed by atoms with Gasteiger partial charge in [0.2, 0.25) is 5.88 Å². The van der Waals surface area contributed by atoms with Gasteiger partial charge in [-0.25, -0.2) is 4.98 Å². The van der Waals surface area contributed by atoms with Crippen LogP contribution in [-0.2, 0) is 0 Å². The Morgan fingerprint density at radius 3 is 2.81 bits per heavy atom. The Morgan fingerprint density at radius 2 is 2.19 bits per heavy atom. The summed E-state index contributed by atoms with van der Waals surface area (Å²) in [6, 6.07) is 1.92. The Morgan fingerprint density at radius 1 is 1.44 bits per heavy atom. The number of ether oxygens (including phenoxy) is 1. The number of rotatable bonds is 3. The Bertz CT molecular complexity index is 489. The lowest BCUT2D eigenvalue weighted by Gasteiger charge is -2.10. The predicted octanol–water partition coefficient (Wildman–Crippen LogP) is 2.23. The van der Waals surface area contributed by atoms with Crippen LogP contribution in [0.5, 0.6) is 5.88 Å². The van der Waals surface area contributed by atoms with Gasteiger partial charge in [0.25, 0.3) is 0 Å². The van der Waals surface area contributed by atoms with Crippen molar-refractivity contribution in [2.45, 2.75) is 6.10 Å². The maximum absolute atomic E-state index is 10.1. The number of aliphatic hydroxyl groups excluding tert-OH is 1. The zero-order valence-electron chi connectivity index (χ0n) is 8.42. The molecule has 1 unspecified atom stereocenters. The highest BCUT2D eigenvalue weighted by atomic mass is 127. The number of halogens is 1. The average molecular weight is 348 g/mol. The zero-order valence-corrected chi connectivity index (χ0v) is 11.4. The lowest BCUT2D eigenvalue weighted by Crippen LogP contribution is -2.05. The Hall–Kier alpha value is -0.730. The fraction of sp³-hybridized carbons (Fsp3) is 0.200. The maximum Gasteiger partial charge on any atom is 0.238 e. The molecule has 0 radical (unpaired) electrons. The summed E-state index contributed by atoms with van der Waals surface area (Å²) in [4.78, 5) is 8.11. The molecule has 0 aromatic carbocycles. The molecule has 2 rings (SSSR count). The number of thiophene rings is 1. The van der Waals surface area contributed by atoms with Crippen LogP contribution in [0.3, 0.4) is 0 Å². The van der Waals surface area contributed by atoms with Gasteiger partial charge in [-0.05, 0) is 39.6 Å². The van der Waals surface area contributed by atoms with Crippen molar-refractivity contribution in [1.82, 2.24) is 9.97 Å². The molecule has 1 atom stereocenters. The van der Waals surface area contributed by atoms with E-state index in [1.165, 1.54) is 13.3 Å². The first kappa shape index (κ1) is 11.7. The molecule has 4 nitrogen and oxygen atoms in total. The highest BCUT2D eigenvalue weighted by Crippen LogP contribution is 2.29. The van der Waals surface area contributed by atoms with Crippen molar-refractivity contribution in [3.8, 4) is 5.88 Å². The Kier molecular flexibility index (Phi) is 3.72. The summed E-state index contributed by atoms with van der Waals surface area (Å²) in [5.74, 6) is 0.358. The lowest BCUT2D eigenvalue weighted by atomic mass is 10.1. The molecule has 0 saturated carbocycles. The molecule has 0 saturated heterocycles. The van der Waals surface area contributed by atoms with Gasteiger partial charge < -0.3 is 9.84 Å². The van der Waals surface area contributed by atoms with E-state index in [0.29, 0.717) is 11.6 Å². The maximum atomic E-state index is 10.1. The second-order valence-corrected chi connectivity index (χ2v) is 5.84. The summed E-state index contributed by atoms with van der Waals surface area (Å²) in [5.41, 5.74) is 1.26. The number of hydrogen-bond donors (Lipinski definition) is 1. The van der Waals surface area contributed by atoms with Crippen LogP contribution in [0.2, 0.25) is 0 Å². The first-order chi connectivity index (χ1) is 7.72. The summed E-state index contributed by atoms with van der Waals surface area (Å²) in [7, 11) is 1.51. The van der Waals surface area contributed by atoms with Crippen molar-refractivity contribution in [2.24, 2.45) is 0 Å². The minimum atomic E-state index is -0.789. The van der Waals surface area contributed by atoms with E-state index >= 15 is 0 Å². The number of nitrogens with zero attached hydrogens (tertiary/aromatic N) is 2. The van der Waals surface area contributed by atoms with Gasteiger partial charge >= 0.3 is 0 Å². The number of aliphatic hydroxyl groups is 1. The van der Waals surface area contributed by atoms with E-state index in [9.17, 15) is 5.11 Å². The first-order valence-electron chi connectivity index (χ1n) is 4.49. The van der Waals surface area contributed by atoms with Crippen molar-refractivity contribution in [2.75, 3.05) is 7.11 Å². The highest BCUT2D eigenvalue weighted by molar-refractivity contribution is 14.1. The van der Waals surface area contributed by atoms with Crippen LogP contribution in [0, 0.1) is 2.88 Å². The summed E-state index contributed by atoms with van der Waals surface area (Å²) >= 11 is 3.79. The monoisotopic (exact) mass is 348 g/mol. The summed E-state index contributed by atoms with van der Waals surface area (Å²) in [5, 5.41) is 12.0. The van der Waals surface area contributed by atoms with E-state index in [1.54, 1.807) is 17.5 Å². The minimum absolute atomic E-state index is 0.358. The molecule has 1 N–H and O–H groups in total. The van der Waals surface area contributed by atoms with E-state index in [0.717, 1.165) is 8.45 Å². The molecule has 0 aliphatic rings. The third kappa shape index (κ3) is 2.33. The number of hydrogen-bond acceptors (Lipinski definition) is 5. The number of methoxy groups -OCH3 is 1. The predicted molar refractivity (Wildman–Crippen MR) is 69.7 cm³/mol. The highest BCUT2D eigenvalue weighted by Gasteiger charge is 2.18. The molecule has 6 heteroatoms. The van der Waals surface area contributed by atoms with Crippen LogP contribution in [-0.4, -0.2) is 22.2 Å². The van der Waals surface area contributed by atoms with Crippen LogP contribution in [0.25, 0.3) is 0 Å². The van der Waals surface area contributed by atoms with E-state index < -0.39 is 6.10 Å². The third-order valence-electron chi connectivity index (χ3n) is 2.05. The molecule has 0 aliphatic heterocycles. The van der Waals surface area contributed by atoms with Crippen LogP contribution < -0.4 is 4.74 Å². The normalized spacial score (nSPS) is 12.4. The topological polar surface area (TPSA) is 55.2 Å². The van der Waals surface area contributed by atoms with Crippen molar-refractivity contribution >= 4 is 33.9 Å². The molecule has 0 spiro atoms. The SMILES string of the molecule is COc1nccnc1C(O)c1csc(I)c1. The van der Waals surface area contributed by atoms with Gasteiger partial charge in [-0.1, -0.05) is 0 Å². The fourth-order valence-electron chi connectivity index (χ4n) is 1.31. The molecule has 16 heavy (non-hydrogen) atoms. The van der Waals surface area contributed by atoms with Crippen LogP contribution in [0.4, 0.5) is 0 Å². The van der Waals surface area contributed by atoms with E-state index in [4.69, 9.17) is 4.74 Å². The molecule has 2 heterocycles. The van der Waals surface area contributed by atoms with Crippen LogP contribution >= 0.6 is 33.9 Å². The molecule has 0 bridgehead atoms. The first-order valence-corrected chi connectivity index (χ1v) is 6.45.